The predicted octanol–water partition coefficient (Wildman–Crippen LogP) is 2.21. The average molecular weight is 389 g/mol. The second-order valence-corrected chi connectivity index (χ2v) is 7.91. The van der Waals surface area contributed by atoms with Crippen LogP contribution in [0.25, 0.3) is 0 Å². The Morgan fingerprint density at radius 3 is 2.26 bits per heavy atom. The highest BCUT2D eigenvalue weighted by atomic mass is 32.2. The summed E-state index contributed by atoms with van der Waals surface area (Å²) in [4.78, 5) is 24.8. The van der Waals surface area contributed by atoms with E-state index in [1.807, 2.05) is 13.8 Å². The Hall–Kier alpha value is -2.71. The van der Waals surface area contributed by atoms with Gasteiger partial charge in [-0.15, -0.1) is 0 Å². The lowest BCUT2D eigenvalue weighted by molar-refractivity contribution is 0.0954. The molecule has 2 rings (SSSR count). The second kappa shape index (κ2) is 8.32. The topological polar surface area (TPSA) is 104 Å². The highest BCUT2D eigenvalue weighted by molar-refractivity contribution is 7.89. The first-order valence-electron chi connectivity index (χ1n) is 8.44. The van der Waals surface area contributed by atoms with Crippen LogP contribution in [0.3, 0.4) is 0 Å². The van der Waals surface area contributed by atoms with Crippen molar-refractivity contribution in [2.24, 2.45) is 0 Å². The molecule has 0 radical (unpaired) electrons. The van der Waals surface area contributed by atoms with Crippen molar-refractivity contribution in [2.45, 2.75) is 25.7 Å². The molecule has 0 aromatic heterocycles. The van der Waals surface area contributed by atoms with Gasteiger partial charge in [-0.05, 0) is 63.2 Å². The van der Waals surface area contributed by atoms with Crippen molar-refractivity contribution < 1.29 is 18.0 Å². The molecule has 0 heterocycles. The number of benzene rings is 2. The van der Waals surface area contributed by atoms with E-state index in [4.69, 9.17) is 0 Å². The van der Waals surface area contributed by atoms with E-state index in [-0.39, 0.29) is 16.4 Å². The standard InChI is InChI=1S/C19H23N3O4S/c1-5-21-18(23)14-8-6-13(3)17(10-14)22-19(24)16-11-15(9-7-12(16)2)27(25,26)20-4/h6-11,20H,5H2,1-4H3,(H,21,23)(H,22,24). The lowest BCUT2D eigenvalue weighted by Gasteiger charge is -2.13. The smallest absolute Gasteiger partial charge is 0.255 e. The molecule has 0 saturated heterocycles. The monoisotopic (exact) mass is 389 g/mol. The molecule has 0 bridgehead atoms. The van der Waals surface area contributed by atoms with Crippen LogP contribution in [-0.2, 0) is 10.0 Å². The summed E-state index contributed by atoms with van der Waals surface area (Å²) < 4.78 is 26.2. The summed E-state index contributed by atoms with van der Waals surface area (Å²) in [5, 5.41) is 5.48. The molecule has 0 fully saturated rings. The summed E-state index contributed by atoms with van der Waals surface area (Å²) in [5.74, 6) is -0.678. The largest absolute Gasteiger partial charge is 0.352 e. The van der Waals surface area contributed by atoms with E-state index < -0.39 is 15.9 Å². The van der Waals surface area contributed by atoms with Crippen molar-refractivity contribution in [3.63, 3.8) is 0 Å². The molecule has 27 heavy (non-hydrogen) atoms. The van der Waals surface area contributed by atoms with E-state index in [1.54, 1.807) is 31.2 Å². The van der Waals surface area contributed by atoms with Gasteiger partial charge in [0.15, 0.2) is 0 Å². The number of aryl methyl sites for hydroxylation is 2. The minimum atomic E-state index is -3.66. The quantitative estimate of drug-likeness (QED) is 0.704. The van der Waals surface area contributed by atoms with Gasteiger partial charge in [0.05, 0.1) is 4.90 Å². The number of anilines is 1. The number of sulfonamides is 1. The molecule has 0 aliphatic heterocycles. The zero-order chi connectivity index (χ0) is 20.2. The third-order valence-electron chi connectivity index (χ3n) is 4.12. The fourth-order valence-electron chi connectivity index (χ4n) is 2.48. The maximum Gasteiger partial charge on any atom is 0.255 e. The summed E-state index contributed by atoms with van der Waals surface area (Å²) >= 11 is 0. The van der Waals surface area contributed by atoms with Gasteiger partial charge in [-0.1, -0.05) is 12.1 Å². The van der Waals surface area contributed by atoms with Gasteiger partial charge in [0, 0.05) is 23.4 Å². The molecule has 3 N–H and O–H groups in total. The van der Waals surface area contributed by atoms with Crippen LogP contribution in [0, 0.1) is 13.8 Å². The molecule has 0 spiro atoms. The predicted molar refractivity (Wildman–Crippen MR) is 105 cm³/mol. The molecule has 144 valence electrons. The third-order valence-corrected chi connectivity index (χ3v) is 5.53. The van der Waals surface area contributed by atoms with E-state index >= 15 is 0 Å². The van der Waals surface area contributed by atoms with E-state index in [9.17, 15) is 18.0 Å². The SMILES string of the molecule is CCNC(=O)c1ccc(C)c(NC(=O)c2cc(S(=O)(=O)NC)ccc2C)c1. The molecule has 2 amide bonds. The van der Waals surface area contributed by atoms with Crippen LogP contribution in [0.4, 0.5) is 5.69 Å². The number of carbonyl (C=O) groups is 2. The van der Waals surface area contributed by atoms with Crippen LogP contribution in [0.2, 0.25) is 0 Å². The van der Waals surface area contributed by atoms with Crippen LogP contribution >= 0.6 is 0 Å². The zero-order valence-corrected chi connectivity index (χ0v) is 16.5. The highest BCUT2D eigenvalue weighted by Crippen LogP contribution is 2.21. The van der Waals surface area contributed by atoms with Gasteiger partial charge in [-0.2, -0.15) is 0 Å². The van der Waals surface area contributed by atoms with Gasteiger partial charge in [-0.3, -0.25) is 9.59 Å². The molecule has 0 aliphatic carbocycles. The Kier molecular flexibility index (Phi) is 6.35. The van der Waals surface area contributed by atoms with Gasteiger partial charge >= 0.3 is 0 Å². The molecule has 0 atom stereocenters. The van der Waals surface area contributed by atoms with Crippen LogP contribution in [-0.4, -0.2) is 33.8 Å². The molecule has 0 aliphatic rings. The number of carbonyl (C=O) groups excluding carboxylic acids is 2. The van der Waals surface area contributed by atoms with E-state index in [2.05, 4.69) is 15.4 Å². The normalized spacial score (nSPS) is 11.1. The minimum absolute atomic E-state index is 0.00791. The third kappa shape index (κ3) is 4.72. The van der Waals surface area contributed by atoms with Gasteiger partial charge in [0.25, 0.3) is 11.8 Å². The zero-order valence-electron chi connectivity index (χ0n) is 15.7. The fraction of sp³-hybridized carbons (Fsp3) is 0.263. The number of hydrogen-bond donors (Lipinski definition) is 3. The Balaban J connectivity index is 2.36. The van der Waals surface area contributed by atoms with Crippen molar-refractivity contribution in [2.75, 3.05) is 18.9 Å². The number of amides is 2. The summed E-state index contributed by atoms with van der Waals surface area (Å²) in [6.45, 7) is 5.86. The van der Waals surface area contributed by atoms with Crippen molar-refractivity contribution in [1.29, 1.82) is 0 Å². The summed E-state index contributed by atoms with van der Waals surface area (Å²) in [6, 6.07) is 9.38. The average Bonchev–Trinajstić information content (AvgIpc) is 2.63. The number of nitrogens with one attached hydrogen (secondary N) is 3. The van der Waals surface area contributed by atoms with Crippen molar-refractivity contribution in [3.8, 4) is 0 Å². The molecule has 0 saturated carbocycles. The minimum Gasteiger partial charge on any atom is -0.352 e. The van der Waals surface area contributed by atoms with Crippen molar-refractivity contribution in [3.05, 3.63) is 58.7 Å². The van der Waals surface area contributed by atoms with Crippen LogP contribution in [0.15, 0.2) is 41.3 Å². The van der Waals surface area contributed by atoms with E-state index in [1.165, 1.54) is 19.2 Å². The van der Waals surface area contributed by atoms with Gasteiger partial charge < -0.3 is 10.6 Å². The molecule has 2 aromatic rings. The lowest BCUT2D eigenvalue weighted by Crippen LogP contribution is -2.23. The maximum absolute atomic E-state index is 12.7. The molecule has 2 aromatic carbocycles. The lowest BCUT2D eigenvalue weighted by atomic mass is 10.1. The number of rotatable bonds is 6. The van der Waals surface area contributed by atoms with E-state index in [0.717, 1.165) is 5.56 Å². The fourth-order valence-corrected chi connectivity index (χ4v) is 3.24. The van der Waals surface area contributed by atoms with Crippen LogP contribution in [0.1, 0.15) is 38.8 Å². The molecular weight excluding hydrogens is 366 g/mol. The summed E-state index contributed by atoms with van der Waals surface area (Å²) in [7, 11) is -2.35. The summed E-state index contributed by atoms with van der Waals surface area (Å²) in [6.07, 6.45) is 0. The molecular formula is C19H23N3O4S. The van der Waals surface area contributed by atoms with Gasteiger partial charge in [-0.25, -0.2) is 13.1 Å². The molecule has 7 nitrogen and oxygen atoms in total. The first-order valence-corrected chi connectivity index (χ1v) is 9.92. The maximum atomic E-state index is 12.7. The summed E-state index contributed by atoms with van der Waals surface area (Å²) in [5.41, 5.74) is 2.59. The molecule has 8 heteroatoms. The van der Waals surface area contributed by atoms with Gasteiger partial charge in [0.2, 0.25) is 10.0 Å². The second-order valence-electron chi connectivity index (χ2n) is 6.03. The van der Waals surface area contributed by atoms with Crippen LogP contribution in [0.5, 0.6) is 0 Å². The Bertz CT molecular complexity index is 984. The van der Waals surface area contributed by atoms with Crippen molar-refractivity contribution in [1.82, 2.24) is 10.0 Å². The Morgan fingerprint density at radius 1 is 0.963 bits per heavy atom. The Labute approximate surface area is 159 Å². The molecule has 0 unspecified atom stereocenters. The van der Waals surface area contributed by atoms with E-state index in [0.29, 0.717) is 23.4 Å². The van der Waals surface area contributed by atoms with Gasteiger partial charge in [0.1, 0.15) is 0 Å². The number of hydrogen-bond acceptors (Lipinski definition) is 4. The first-order chi connectivity index (χ1) is 12.7. The first kappa shape index (κ1) is 20.6. The Morgan fingerprint density at radius 2 is 1.63 bits per heavy atom. The van der Waals surface area contributed by atoms with Crippen LogP contribution < -0.4 is 15.4 Å². The highest BCUT2D eigenvalue weighted by Gasteiger charge is 2.17. The van der Waals surface area contributed by atoms with Crippen molar-refractivity contribution >= 4 is 27.5 Å².